The van der Waals surface area contributed by atoms with Gasteiger partial charge in [-0.1, -0.05) is 231 Å². The number of aromatic nitrogens is 2. The zero-order valence-corrected chi connectivity index (χ0v) is 34.5. The normalized spacial score (nSPS) is 12.6. The van der Waals surface area contributed by atoms with Crippen LogP contribution in [0.25, 0.3) is 88.8 Å². The summed E-state index contributed by atoms with van der Waals surface area (Å²) in [6.07, 6.45) is 0. The Kier molecular flexibility index (Phi) is 8.76. The number of benzene rings is 10. The first-order valence-electron chi connectivity index (χ1n) is 21.6. The Balaban J connectivity index is 0.947. The molecule has 1 aliphatic carbocycles. The van der Waals surface area contributed by atoms with E-state index in [4.69, 9.17) is 9.97 Å². The van der Waals surface area contributed by atoms with Crippen molar-refractivity contribution in [1.29, 1.82) is 0 Å². The molecule has 0 saturated heterocycles. The van der Waals surface area contributed by atoms with Crippen LogP contribution < -0.4 is 0 Å². The van der Waals surface area contributed by atoms with Gasteiger partial charge in [-0.05, 0) is 89.3 Å². The zero-order valence-electron chi connectivity index (χ0n) is 34.5. The lowest BCUT2D eigenvalue weighted by Crippen LogP contribution is -2.28. The van der Waals surface area contributed by atoms with Crippen molar-refractivity contribution in [1.82, 2.24) is 9.97 Å². The highest BCUT2D eigenvalue weighted by molar-refractivity contribution is 6.05. The van der Waals surface area contributed by atoms with Gasteiger partial charge in [0.1, 0.15) is 0 Å². The van der Waals surface area contributed by atoms with E-state index in [1.54, 1.807) is 0 Å². The Labute approximate surface area is 367 Å². The van der Waals surface area contributed by atoms with E-state index in [1.165, 1.54) is 71.8 Å². The Morgan fingerprint density at radius 3 is 1.48 bits per heavy atom. The lowest BCUT2D eigenvalue weighted by molar-refractivity contribution is 0.768. The second-order valence-corrected chi connectivity index (χ2v) is 16.4. The standard InChI is InChI=1S/C61H40N2/c1-4-18-44(19-5-1)60-62-58(53-29-16-20-42-17-10-11-25-48(42)53)40-59(63-60)54-37-36-49(50-26-12-13-27-51(50)54)43-33-31-41(32-34-43)45-35-38-57-55(39-45)52-28-14-15-30-56(52)61(57,46-21-6-2-7-22-46)47-23-8-3-9-24-47/h1-40H. The molecule has 0 saturated carbocycles. The molecule has 11 aromatic rings. The number of fused-ring (bicyclic) bond motifs is 5. The molecule has 12 rings (SSSR count). The first kappa shape index (κ1) is 36.6. The van der Waals surface area contributed by atoms with Gasteiger partial charge in [0.2, 0.25) is 0 Å². The fourth-order valence-corrected chi connectivity index (χ4v) is 10.1. The fourth-order valence-electron chi connectivity index (χ4n) is 10.1. The maximum atomic E-state index is 5.25. The lowest BCUT2D eigenvalue weighted by Gasteiger charge is -2.33. The Hall–Kier alpha value is -8.20. The Morgan fingerprint density at radius 2 is 0.762 bits per heavy atom. The number of hydrogen-bond acceptors (Lipinski definition) is 2. The van der Waals surface area contributed by atoms with Crippen LogP contribution in [0.2, 0.25) is 0 Å². The van der Waals surface area contributed by atoms with E-state index in [0.29, 0.717) is 5.82 Å². The van der Waals surface area contributed by atoms with Crippen molar-refractivity contribution in [3.63, 3.8) is 0 Å². The van der Waals surface area contributed by atoms with Gasteiger partial charge >= 0.3 is 0 Å². The molecular weight excluding hydrogens is 761 g/mol. The van der Waals surface area contributed by atoms with E-state index < -0.39 is 5.41 Å². The maximum absolute atomic E-state index is 5.25. The van der Waals surface area contributed by atoms with Crippen LogP contribution in [0.3, 0.4) is 0 Å². The predicted molar refractivity (Wildman–Crippen MR) is 262 cm³/mol. The summed E-state index contributed by atoms with van der Waals surface area (Å²) in [5.41, 5.74) is 17.1. The SMILES string of the molecule is c1ccc(-c2nc(-c3cccc4ccccc34)cc(-c3ccc(-c4ccc(-c5ccc6c(c5)-c5ccccc5C6(c5ccccc5)c5ccccc5)cc4)c4ccccc34)n2)cc1. The van der Waals surface area contributed by atoms with Gasteiger partial charge in [-0.3, -0.25) is 0 Å². The largest absolute Gasteiger partial charge is 0.228 e. The van der Waals surface area contributed by atoms with Crippen LogP contribution in [0.5, 0.6) is 0 Å². The maximum Gasteiger partial charge on any atom is 0.160 e. The molecule has 0 atom stereocenters. The zero-order chi connectivity index (χ0) is 41.7. The minimum Gasteiger partial charge on any atom is -0.228 e. The summed E-state index contributed by atoms with van der Waals surface area (Å²) in [6, 6.07) is 87.7. The van der Waals surface area contributed by atoms with Crippen molar-refractivity contribution >= 4 is 21.5 Å². The molecule has 0 fully saturated rings. The molecule has 1 aromatic heterocycles. The van der Waals surface area contributed by atoms with Crippen molar-refractivity contribution in [2.24, 2.45) is 0 Å². The molecule has 1 aliphatic rings. The molecular formula is C61H40N2. The summed E-state index contributed by atoms with van der Waals surface area (Å²) < 4.78 is 0. The number of nitrogens with zero attached hydrogens (tertiary/aromatic N) is 2. The number of rotatable bonds is 7. The van der Waals surface area contributed by atoms with E-state index in [2.05, 4.69) is 224 Å². The highest BCUT2D eigenvalue weighted by Gasteiger charge is 2.45. The van der Waals surface area contributed by atoms with Crippen molar-refractivity contribution in [3.05, 3.63) is 265 Å². The predicted octanol–water partition coefficient (Wildman–Crippen LogP) is 15.5. The first-order valence-corrected chi connectivity index (χ1v) is 21.6. The smallest absolute Gasteiger partial charge is 0.160 e. The minimum atomic E-state index is -0.406. The van der Waals surface area contributed by atoms with E-state index in [-0.39, 0.29) is 0 Å². The van der Waals surface area contributed by atoms with Crippen LogP contribution >= 0.6 is 0 Å². The molecule has 10 aromatic carbocycles. The summed E-state index contributed by atoms with van der Waals surface area (Å²) in [5, 5.41) is 4.69. The number of hydrogen-bond donors (Lipinski definition) is 0. The minimum absolute atomic E-state index is 0.406. The van der Waals surface area contributed by atoms with Crippen LogP contribution in [-0.2, 0) is 5.41 Å². The average molecular weight is 801 g/mol. The van der Waals surface area contributed by atoms with E-state index >= 15 is 0 Å². The summed E-state index contributed by atoms with van der Waals surface area (Å²) >= 11 is 0. The van der Waals surface area contributed by atoms with Crippen LogP contribution in [0.1, 0.15) is 22.3 Å². The second kappa shape index (κ2) is 15.1. The van der Waals surface area contributed by atoms with E-state index in [1.807, 2.05) is 18.2 Å². The molecule has 0 amide bonds. The van der Waals surface area contributed by atoms with E-state index in [9.17, 15) is 0 Å². The molecule has 2 heteroatoms. The molecule has 0 bridgehead atoms. The van der Waals surface area contributed by atoms with Gasteiger partial charge in [-0.25, -0.2) is 9.97 Å². The summed E-state index contributed by atoms with van der Waals surface area (Å²) in [7, 11) is 0. The van der Waals surface area contributed by atoms with Crippen LogP contribution in [-0.4, -0.2) is 9.97 Å². The molecule has 1 heterocycles. The van der Waals surface area contributed by atoms with Crippen LogP contribution in [0.15, 0.2) is 243 Å². The van der Waals surface area contributed by atoms with Gasteiger partial charge in [0.15, 0.2) is 5.82 Å². The highest BCUT2D eigenvalue weighted by atomic mass is 14.9. The topological polar surface area (TPSA) is 25.8 Å². The fraction of sp³-hybridized carbons (Fsp3) is 0.0164. The lowest BCUT2D eigenvalue weighted by atomic mass is 9.67. The molecule has 0 radical (unpaired) electrons. The monoisotopic (exact) mass is 800 g/mol. The van der Waals surface area contributed by atoms with Crippen LogP contribution in [0, 0.1) is 0 Å². The van der Waals surface area contributed by atoms with Gasteiger partial charge in [-0.2, -0.15) is 0 Å². The highest BCUT2D eigenvalue weighted by Crippen LogP contribution is 2.56. The molecule has 63 heavy (non-hydrogen) atoms. The Morgan fingerprint density at radius 1 is 0.270 bits per heavy atom. The Bertz CT molecular complexity index is 3440. The quantitative estimate of drug-likeness (QED) is 0.160. The van der Waals surface area contributed by atoms with Crippen molar-refractivity contribution in [2.45, 2.75) is 5.41 Å². The third-order valence-corrected chi connectivity index (χ3v) is 13.0. The van der Waals surface area contributed by atoms with Gasteiger partial charge in [0.25, 0.3) is 0 Å². The molecule has 0 N–H and O–H groups in total. The molecule has 0 aliphatic heterocycles. The van der Waals surface area contributed by atoms with Crippen molar-refractivity contribution in [2.75, 3.05) is 0 Å². The third-order valence-electron chi connectivity index (χ3n) is 13.0. The molecule has 0 spiro atoms. The van der Waals surface area contributed by atoms with Gasteiger partial charge in [-0.15, -0.1) is 0 Å². The van der Waals surface area contributed by atoms with Gasteiger partial charge in [0.05, 0.1) is 16.8 Å². The second-order valence-electron chi connectivity index (χ2n) is 16.4. The van der Waals surface area contributed by atoms with E-state index in [0.717, 1.165) is 33.5 Å². The first-order chi connectivity index (χ1) is 31.2. The molecule has 0 unspecified atom stereocenters. The van der Waals surface area contributed by atoms with Crippen molar-refractivity contribution < 1.29 is 0 Å². The average Bonchev–Trinajstić information content (AvgIpc) is 3.67. The van der Waals surface area contributed by atoms with Crippen molar-refractivity contribution in [3.8, 4) is 67.3 Å². The summed E-state index contributed by atoms with van der Waals surface area (Å²) in [4.78, 5) is 10.4. The van der Waals surface area contributed by atoms with Gasteiger partial charge < -0.3 is 0 Å². The third kappa shape index (κ3) is 6.02. The molecule has 2 nitrogen and oxygen atoms in total. The van der Waals surface area contributed by atoms with Crippen LogP contribution in [0.4, 0.5) is 0 Å². The summed E-state index contributed by atoms with van der Waals surface area (Å²) in [5.74, 6) is 0.709. The summed E-state index contributed by atoms with van der Waals surface area (Å²) in [6.45, 7) is 0. The molecule has 294 valence electrons. The van der Waals surface area contributed by atoms with Gasteiger partial charge in [0, 0.05) is 16.7 Å².